The van der Waals surface area contributed by atoms with Gasteiger partial charge in [-0.15, -0.1) is 0 Å². The molecule has 0 saturated carbocycles. The van der Waals surface area contributed by atoms with Crippen molar-refractivity contribution in [3.05, 3.63) is 66.2 Å². The maximum absolute atomic E-state index is 11.8. The molecule has 3 aromatic carbocycles. The highest BCUT2D eigenvalue weighted by atomic mass is 16.5. The first-order chi connectivity index (χ1) is 13.1. The molecule has 27 heavy (non-hydrogen) atoms. The first-order valence-corrected chi connectivity index (χ1v) is 8.39. The van der Waals surface area contributed by atoms with Gasteiger partial charge in [-0.2, -0.15) is 0 Å². The molecule has 4 aromatic rings. The van der Waals surface area contributed by atoms with Crippen LogP contribution >= 0.6 is 0 Å². The Morgan fingerprint density at radius 1 is 0.889 bits per heavy atom. The maximum atomic E-state index is 11.8. The Kier molecular flexibility index (Phi) is 4.12. The van der Waals surface area contributed by atoms with E-state index in [9.17, 15) is 9.90 Å². The van der Waals surface area contributed by atoms with Crippen molar-refractivity contribution in [1.29, 1.82) is 0 Å². The molecule has 5 nitrogen and oxygen atoms in total. The second-order valence-corrected chi connectivity index (χ2v) is 6.06. The molecule has 0 aliphatic heterocycles. The highest BCUT2D eigenvalue weighted by Gasteiger charge is 2.17. The van der Waals surface area contributed by atoms with Crippen LogP contribution < -0.4 is 14.6 Å². The largest absolute Gasteiger partial charge is 0.545 e. The van der Waals surface area contributed by atoms with Gasteiger partial charge in [0.15, 0.2) is 0 Å². The molecular formula is C22H16NO4-. The summed E-state index contributed by atoms with van der Waals surface area (Å²) in [6.07, 6.45) is 0. The maximum Gasteiger partial charge on any atom is 0.145 e. The number of carboxylic acid groups (broad SMARTS) is 1. The average Bonchev–Trinajstić information content (AvgIpc) is 2.71. The van der Waals surface area contributed by atoms with Gasteiger partial charge in [0.2, 0.25) is 0 Å². The fourth-order valence-corrected chi connectivity index (χ4v) is 3.37. The molecule has 0 atom stereocenters. The van der Waals surface area contributed by atoms with Crippen LogP contribution in [0.3, 0.4) is 0 Å². The number of pyridine rings is 1. The number of hydrogen-bond donors (Lipinski definition) is 0. The summed E-state index contributed by atoms with van der Waals surface area (Å²) in [7, 11) is 3.11. The molecule has 134 valence electrons. The van der Waals surface area contributed by atoms with E-state index in [0.717, 1.165) is 16.3 Å². The Bertz CT molecular complexity index is 1180. The Labute approximate surface area is 155 Å². The first kappa shape index (κ1) is 16.8. The quantitative estimate of drug-likeness (QED) is 0.559. The van der Waals surface area contributed by atoms with E-state index in [2.05, 4.69) is 0 Å². The third-order valence-electron chi connectivity index (χ3n) is 4.61. The fraction of sp³-hybridized carbons (Fsp3) is 0.0909. The van der Waals surface area contributed by atoms with E-state index in [1.54, 1.807) is 25.3 Å². The molecule has 0 bridgehead atoms. The van der Waals surface area contributed by atoms with Crippen LogP contribution in [-0.4, -0.2) is 25.2 Å². The van der Waals surface area contributed by atoms with E-state index in [4.69, 9.17) is 14.5 Å². The second-order valence-electron chi connectivity index (χ2n) is 6.06. The minimum Gasteiger partial charge on any atom is -0.545 e. The molecular weight excluding hydrogens is 342 g/mol. The molecule has 1 heterocycles. The van der Waals surface area contributed by atoms with Crippen LogP contribution in [-0.2, 0) is 0 Å². The number of carbonyl (C=O) groups is 1. The highest BCUT2D eigenvalue weighted by molar-refractivity contribution is 6.07. The molecule has 0 N–H and O–H groups in total. The van der Waals surface area contributed by atoms with Crippen molar-refractivity contribution in [2.75, 3.05) is 14.2 Å². The second kappa shape index (κ2) is 6.61. The Morgan fingerprint density at radius 2 is 1.63 bits per heavy atom. The normalized spacial score (nSPS) is 10.9. The van der Waals surface area contributed by atoms with Crippen LogP contribution in [0.15, 0.2) is 60.7 Å². The lowest BCUT2D eigenvalue weighted by atomic mass is 9.98. The van der Waals surface area contributed by atoms with Crippen LogP contribution in [0, 0.1) is 0 Å². The Morgan fingerprint density at radius 3 is 2.37 bits per heavy atom. The summed E-state index contributed by atoms with van der Waals surface area (Å²) in [4.78, 5) is 16.5. The van der Waals surface area contributed by atoms with E-state index in [-0.39, 0.29) is 5.56 Å². The minimum atomic E-state index is -1.27. The summed E-state index contributed by atoms with van der Waals surface area (Å²) in [6.45, 7) is 0. The van der Waals surface area contributed by atoms with Gasteiger partial charge >= 0.3 is 0 Å². The van der Waals surface area contributed by atoms with E-state index >= 15 is 0 Å². The number of methoxy groups -OCH3 is 2. The van der Waals surface area contributed by atoms with Gasteiger partial charge in [0, 0.05) is 10.9 Å². The molecule has 0 unspecified atom stereocenters. The number of aromatic nitrogens is 1. The molecule has 0 amide bonds. The van der Waals surface area contributed by atoms with E-state index in [1.165, 1.54) is 13.2 Å². The van der Waals surface area contributed by atoms with Gasteiger partial charge in [-0.3, -0.25) is 0 Å². The highest BCUT2D eigenvalue weighted by Crippen LogP contribution is 2.38. The van der Waals surface area contributed by atoms with Gasteiger partial charge < -0.3 is 19.4 Å². The van der Waals surface area contributed by atoms with Gasteiger partial charge in [-0.25, -0.2) is 4.98 Å². The summed E-state index contributed by atoms with van der Waals surface area (Å²) < 4.78 is 10.9. The molecule has 5 heteroatoms. The molecule has 1 aromatic heterocycles. The van der Waals surface area contributed by atoms with Gasteiger partial charge in [0.25, 0.3) is 0 Å². The number of rotatable bonds is 4. The number of hydrogen-bond acceptors (Lipinski definition) is 5. The first-order valence-electron chi connectivity index (χ1n) is 8.39. The van der Waals surface area contributed by atoms with Crippen molar-refractivity contribution in [2.45, 2.75) is 0 Å². The van der Waals surface area contributed by atoms with Crippen LogP contribution in [0.2, 0.25) is 0 Å². The van der Waals surface area contributed by atoms with Crippen LogP contribution in [0.4, 0.5) is 0 Å². The number of fused-ring (bicyclic) bond motifs is 2. The van der Waals surface area contributed by atoms with Crippen LogP contribution in [0.25, 0.3) is 32.9 Å². The summed E-state index contributed by atoms with van der Waals surface area (Å²) in [5, 5.41) is 14.2. The number of para-hydroxylation sites is 1. The van der Waals surface area contributed by atoms with Gasteiger partial charge in [0.1, 0.15) is 17.0 Å². The summed E-state index contributed by atoms with van der Waals surface area (Å²) >= 11 is 0. The molecule has 0 aliphatic carbocycles. The van der Waals surface area contributed by atoms with Crippen molar-refractivity contribution < 1.29 is 19.4 Å². The lowest BCUT2D eigenvalue weighted by molar-refractivity contribution is -0.254. The number of benzene rings is 3. The topological polar surface area (TPSA) is 71.5 Å². The van der Waals surface area contributed by atoms with Crippen molar-refractivity contribution in [1.82, 2.24) is 4.98 Å². The number of carboxylic acids is 1. The lowest BCUT2D eigenvalue weighted by Crippen LogP contribution is -2.22. The number of carbonyl (C=O) groups excluding carboxylic acids is 1. The molecule has 0 spiro atoms. The third-order valence-corrected chi connectivity index (χ3v) is 4.61. The third kappa shape index (κ3) is 2.73. The van der Waals surface area contributed by atoms with Crippen molar-refractivity contribution in [2.24, 2.45) is 0 Å². The van der Waals surface area contributed by atoms with Gasteiger partial charge in [-0.1, -0.05) is 42.5 Å². The molecule has 0 fully saturated rings. The van der Waals surface area contributed by atoms with Gasteiger partial charge in [0.05, 0.1) is 31.4 Å². The average molecular weight is 358 g/mol. The zero-order chi connectivity index (χ0) is 19.0. The van der Waals surface area contributed by atoms with Gasteiger partial charge in [-0.05, 0) is 29.0 Å². The van der Waals surface area contributed by atoms with E-state index in [1.807, 2.05) is 36.4 Å². The van der Waals surface area contributed by atoms with E-state index in [0.29, 0.717) is 28.1 Å². The molecule has 0 aliphatic rings. The van der Waals surface area contributed by atoms with Crippen molar-refractivity contribution >= 4 is 27.6 Å². The van der Waals surface area contributed by atoms with Crippen LogP contribution in [0.5, 0.6) is 11.5 Å². The summed E-state index contributed by atoms with van der Waals surface area (Å²) in [5.74, 6) is -0.160. The molecule has 4 rings (SSSR count). The summed E-state index contributed by atoms with van der Waals surface area (Å²) in [5.41, 5.74) is 1.74. The zero-order valence-electron chi connectivity index (χ0n) is 14.9. The predicted molar refractivity (Wildman–Crippen MR) is 102 cm³/mol. The molecule has 0 saturated heterocycles. The van der Waals surface area contributed by atoms with Crippen molar-refractivity contribution in [3.63, 3.8) is 0 Å². The monoisotopic (exact) mass is 358 g/mol. The van der Waals surface area contributed by atoms with E-state index < -0.39 is 5.97 Å². The summed E-state index contributed by atoms with van der Waals surface area (Å²) in [6, 6.07) is 18.3. The number of aromatic carboxylic acids is 1. The zero-order valence-corrected chi connectivity index (χ0v) is 14.9. The minimum absolute atomic E-state index is 0.0592. The molecule has 0 radical (unpaired) electrons. The number of ether oxygens (including phenoxy) is 2. The number of nitrogens with zero attached hydrogens (tertiary/aromatic N) is 1. The fourth-order valence-electron chi connectivity index (χ4n) is 3.37. The van der Waals surface area contributed by atoms with Crippen molar-refractivity contribution in [3.8, 4) is 22.8 Å². The van der Waals surface area contributed by atoms with Crippen LogP contribution in [0.1, 0.15) is 10.4 Å². The SMILES string of the molecule is COc1ccc2ccccc2c1-c1cc(C(=O)[O-])c2cccc(OC)c2n1. The predicted octanol–water partition coefficient (Wildman–Crippen LogP) is 3.44. The lowest BCUT2D eigenvalue weighted by Gasteiger charge is -2.16. The Balaban J connectivity index is 2.14. The standard InChI is InChI=1S/C22H17NO4/c1-26-18-11-10-13-6-3-4-7-14(13)20(18)17-12-16(22(24)25)15-8-5-9-19(27-2)21(15)23-17/h3-12H,1-2H3,(H,24,25)/p-1. The Hall–Kier alpha value is -3.60. The smallest absolute Gasteiger partial charge is 0.145 e.